The fraction of sp³-hybridized carbons (Fsp3) is 0.450. The lowest BCUT2D eigenvalue weighted by Crippen LogP contribution is -2.46. The minimum absolute atomic E-state index is 0.221. The zero-order valence-corrected chi connectivity index (χ0v) is 13.9. The number of piperidine rings is 1. The number of carbonyl (C=O) groups excluding carboxylic acids is 1. The number of allylic oxidation sites excluding steroid dienone is 1. The second kappa shape index (κ2) is 5.55. The molecule has 3 heterocycles. The van der Waals surface area contributed by atoms with Gasteiger partial charge in [0.2, 0.25) is 5.91 Å². The number of carbonyl (C=O) groups is 1. The molecule has 1 fully saturated rings. The highest BCUT2D eigenvalue weighted by Crippen LogP contribution is 2.44. The highest BCUT2D eigenvalue weighted by molar-refractivity contribution is 5.96. The maximum Gasteiger partial charge on any atom is 0.250 e. The Bertz CT molecular complexity index is 786. The van der Waals surface area contributed by atoms with E-state index in [1.54, 1.807) is 0 Å². The Labute approximate surface area is 137 Å². The van der Waals surface area contributed by atoms with Crippen LogP contribution < -0.4 is 0 Å². The van der Waals surface area contributed by atoms with E-state index in [1.807, 2.05) is 13.0 Å². The summed E-state index contributed by atoms with van der Waals surface area (Å²) in [7, 11) is 0. The maximum absolute atomic E-state index is 12.9. The number of para-hydroxylation sites is 1. The number of fused-ring (bicyclic) bond motifs is 5. The predicted molar refractivity (Wildman–Crippen MR) is 93.2 cm³/mol. The van der Waals surface area contributed by atoms with E-state index in [9.17, 15) is 4.79 Å². The lowest BCUT2D eigenvalue weighted by Gasteiger charge is -2.43. The van der Waals surface area contributed by atoms with Crippen molar-refractivity contribution in [1.29, 1.82) is 0 Å². The topological polar surface area (TPSA) is 36.1 Å². The van der Waals surface area contributed by atoms with Crippen molar-refractivity contribution in [3.05, 3.63) is 47.2 Å². The molecule has 1 saturated heterocycles. The first kappa shape index (κ1) is 14.6. The van der Waals surface area contributed by atoms with Gasteiger partial charge in [-0.2, -0.15) is 0 Å². The number of nitrogens with one attached hydrogen (secondary N) is 1. The lowest BCUT2D eigenvalue weighted by molar-refractivity contribution is -0.133. The number of hydrogen-bond donors (Lipinski definition) is 1. The first-order chi connectivity index (χ1) is 11.2. The molecule has 120 valence electrons. The number of H-pyrrole nitrogens is 1. The summed E-state index contributed by atoms with van der Waals surface area (Å²) in [5, 5.41) is 1.33. The van der Waals surface area contributed by atoms with Crippen LogP contribution in [0.2, 0.25) is 0 Å². The summed E-state index contributed by atoms with van der Waals surface area (Å²) >= 11 is 0. The molecule has 0 bridgehead atoms. The van der Waals surface area contributed by atoms with Crippen molar-refractivity contribution in [3.63, 3.8) is 0 Å². The predicted octanol–water partition coefficient (Wildman–Crippen LogP) is 4.36. The SMILES string of the molecule is C/C=C1/C(=O)N2CCc3c([nH]c4ccccc34)[C@@H]2C[C@H]1CCC. The van der Waals surface area contributed by atoms with Crippen LogP contribution in [0.5, 0.6) is 0 Å². The molecular formula is C20H24N2O. The standard InChI is InChI=1S/C20H24N2O/c1-3-7-13-12-18-19-16(15-8-5-6-9-17(15)21-19)10-11-22(18)20(23)14(13)4-2/h4-6,8-9,13,18,21H,3,7,10-12H2,1-2H3/b14-4+/t13-,18+/m1/s1. The molecule has 1 N–H and O–H groups in total. The van der Waals surface area contributed by atoms with Gasteiger partial charge < -0.3 is 9.88 Å². The van der Waals surface area contributed by atoms with Gasteiger partial charge in [0.15, 0.2) is 0 Å². The Morgan fingerprint density at radius 3 is 2.96 bits per heavy atom. The lowest BCUT2D eigenvalue weighted by atomic mass is 9.79. The van der Waals surface area contributed by atoms with E-state index in [0.717, 1.165) is 37.8 Å². The van der Waals surface area contributed by atoms with Gasteiger partial charge in [0.1, 0.15) is 0 Å². The monoisotopic (exact) mass is 308 g/mol. The van der Waals surface area contributed by atoms with E-state index < -0.39 is 0 Å². The molecule has 0 aliphatic carbocycles. The Morgan fingerprint density at radius 1 is 1.35 bits per heavy atom. The van der Waals surface area contributed by atoms with E-state index >= 15 is 0 Å². The number of amides is 1. The van der Waals surface area contributed by atoms with Crippen molar-refractivity contribution in [3.8, 4) is 0 Å². The zero-order chi connectivity index (χ0) is 16.0. The molecule has 4 rings (SSSR count). The van der Waals surface area contributed by atoms with Gasteiger partial charge in [-0.1, -0.05) is 37.6 Å². The summed E-state index contributed by atoms with van der Waals surface area (Å²) in [6.07, 6.45) is 6.28. The van der Waals surface area contributed by atoms with Crippen LogP contribution in [0.1, 0.15) is 50.4 Å². The van der Waals surface area contributed by atoms with Crippen molar-refractivity contribution >= 4 is 16.8 Å². The summed E-state index contributed by atoms with van der Waals surface area (Å²) in [4.78, 5) is 18.7. The van der Waals surface area contributed by atoms with Crippen LogP contribution >= 0.6 is 0 Å². The second-order valence-electron chi connectivity index (χ2n) is 6.79. The molecule has 2 atom stereocenters. The van der Waals surface area contributed by atoms with Crippen LogP contribution in [0.25, 0.3) is 10.9 Å². The summed E-state index contributed by atoms with van der Waals surface area (Å²) < 4.78 is 0. The smallest absolute Gasteiger partial charge is 0.250 e. The van der Waals surface area contributed by atoms with Gasteiger partial charge in [-0.3, -0.25) is 4.79 Å². The largest absolute Gasteiger partial charge is 0.356 e. The van der Waals surface area contributed by atoms with Crippen molar-refractivity contribution in [2.45, 2.75) is 45.6 Å². The van der Waals surface area contributed by atoms with Crippen molar-refractivity contribution < 1.29 is 4.79 Å². The van der Waals surface area contributed by atoms with Gasteiger partial charge in [-0.05, 0) is 43.7 Å². The van der Waals surface area contributed by atoms with Crippen LogP contribution in [-0.4, -0.2) is 22.3 Å². The Kier molecular flexibility index (Phi) is 3.51. The van der Waals surface area contributed by atoms with Crippen LogP contribution in [0.4, 0.5) is 0 Å². The average Bonchev–Trinajstić information content (AvgIpc) is 2.95. The molecule has 1 aromatic heterocycles. The van der Waals surface area contributed by atoms with Gasteiger partial charge in [0.05, 0.1) is 6.04 Å². The normalized spacial score (nSPS) is 25.7. The van der Waals surface area contributed by atoms with E-state index in [1.165, 1.54) is 22.2 Å². The second-order valence-corrected chi connectivity index (χ2v) is 6.79. The van der Waals surface area contributed by atoms with E-state index in [4.69, 9.17) is 0 Å². The van der Waals surface area contributed by atoms with Gasteiger partial charge >= 0.3 is 0 Å². The molecule has 2 aliphatic heterocycles. The fourth-order valence-electron chi connectivity index (χ4n) is 4.52. The molecule has 2 aromatic rings. The van der Waals surface area contributed by atoms with Crippen LogP contribution in [0.3, 0.4) is 0 Å². The van der Waals surface area contributed by atoms with Gasteiger partial charge in [-0.15, -0.1) is 0 Å². The third-order valence-electron chi connectivity index (χ3n) is 5.56. The number of benzene rings is 1. The maximum atomic E-state index is 12.9. The van der Waals surface area contributed by atoms with Crippen LogP contribution in [0, 0.1) is 5.92 Å². The van der Waals surface area contributed by atoms with Gasteiger partial charge in [0, 0.05) is 28.7 Å². The summed E-state index contributed by atoms with van der Waals surface area (Å²) in [5.41, 5.74) is 4.94. The van der Waals surface area contributed by atoms with E-state index in [-0.39, 0.29) is 11.9 Å². The Morgan fingerprint density at radius 2 is 2.17 bits per heavy atom. The number of aromatic nitrogens is 1. The quantitative estimate of drug-likeness (QED) is 0.822. The first-order valence-electron chi connectivity index (χ1n) is 8.81. The molecule has 1 amide bonds. The number of hydrogen-bond acceptors (Lipinski definition) is 1. The Hall–Kier alpha value is -2.03. The third-order valence-corrected chi connectivity index (χ3v) is 5.56. The minimum atomic E-state index is 0.221. The average molecular weight is 308 g/mol. The van der Waals surface area contributed by atoms with E-state index in [0.29, 0.717) is 5.92 Å². The molecule has 0 radical (unpaired) electrons. The van der Waals surface area contributed by atoms with Gasteiger partial charge in [0.25, 0.3) is 0 Å². The molecule has 0 saturated carbocycles. The first-order valence-corrected chi connectivity index (χ1v) is 8.81. The zero-order valence-electron chi connectivity index (χ0n) is 13.9. The highest BCUT2D eigenvalue weighted by atomic mass is 16.2. The number of rotatable bonds is 2. The number of nitrogens with zero attached hydrogens (tertiary/aromatic N) is 1. The van der Waals surface area contributed by atoms with Crippen LogP contribution in [0.15, 0.2) is 35.9 Å². The molecule has 1 aromatic carbocycles. The Balaban J connectivity index is 1.79. The van der Waals surface area contributed by atoms with Crippen molar-refractivity contribution in [1.82, 2.24) is 9.88 Å². The van der Waals surface area contributed by atoms with E-state index in [2.05, 4.69) is 41.1 Å². The minimum Gasteiger partial charge on any atom is -0.356 e. The molecular weight excluding hydrogens is 284 g/mol. The third kappa shape index (κ3) is 2.13. The van der Waals surface area contributed by atoms with Crippen LogP contribution in [-0.2, 0) is 11.2 Å². The summed E-state index contributed by atoms with van der Waals surface area (Å²) in [6, 6.07) is 8.74. The summed E-state index contributed by atoms with van der Waals surface area (Å²) in [6.45, 7) is 5.06. The molecule has 2 aliphatic rings. The number of aromatic amines is 1. The molecule has 3 heteroatoms. The molecule has 0 spiro atoms. The van der Waals surface area contributed by atoms with Gasteiger partial charge in [-0.25, -0.2) is 0 Å². The fourth-order valence-corrected chi connectivity index (χ4v) is 4.52. The molecule has 3 nitrogen and oxygen atoms in total. The molecule has 23 heavy (non-hydrogen) atoms. The summed E-state index contributed by atoms with van der Waals surface area (Å²) in [5.74, 6) is 0.655. The van der Waals surface area contributed by atoms with Crippen molar-refractivity contribution in [2.24, 2.45) is 5.92 Å². The van der Waals surface area contributed by atoms with Crippen molar-refractivity contribution in [2.75, 3.05) is 6.54 Å². The molecule has 0 unspecified atom stereocenters. The highest BCUT2D eigenvalue weighted by Gasteiger charge is 2.41.